The van der Waals surface area contributed by atoms with Gasteiger partial charge >= 0.3 is 0 Å². The molecule has 0 spiro atoms. The zero-order valence-electron chi connectivity index (χ0n) is 12.2. The molecule has 0 heterocycles. The standard InChI is InChI=1S/C17H24N2O/c1-17(11-18,13-9-10-13)19-16(20)15-8-4-6-12-5-2-3-7-14(12)15/h2-3,5,7,13,15H,4,6,8-11,18H2,1H3,(H,19,20). The number of nitrogens with one attached hydrogen (secondary N) is 1. The number of fused-ring (bicyclic) bond motifs is 1. The zero-order valence-corrected chi connectivity index (χ0v) is 12.2. The maximum atomic E-state index is 12.7. The Morgan fingerprint density at radius 3 is 2.80 bits per heavy atom. The maximum absolute atomic E-state index is 12.7. The van der Waals surface area contributed by atoms with E-state index in [1.54, 1.807) is 0 Å². The molecule has 2 aliphatic carbocycles. The molecule has 0 radical (unpaired) electrons. The molecule has 0 aromatic heterocycles. The van der Waals surface area contributed by atoms with Crippen LogP contribution in [-0.2, 0) is 11.2 Å². The van der Waals surface area contributed by atoms with Crippen molar-refractivity contribution in [1.82, 2.24) is 5.32 Å². The monoisotopic (exact) mass is 272 g/mol. The molecule has 1 fully saturated rings. The topological polar surface area (TPSA) is 55.1 Å². The molecule has 1 saturated carbocycles. The first-order chi connectivity index (χ1) is 9.64. The zero-order chi connectivity index (χ0) is 14.2. The molecule has 0 aliphatic heterocycles. The van der Waals surface area contributed by atoms with Gasteiger partial charge in [-0.3, -0.25) is 4.79 Å². The number of aryl methyl sites for hydroxylation is 1. The lowest BCUT2D eigenvalue weighted by atomic mass is 9.81. The molecule has 1 amide bonds. The van der Waals surface area contributed by atoms with Crippen molar-refractivity contribution in [2.75, 3.05) is 6.54 Å². The van der Waals surface area contributed by atoms with Gasteiger partial charge in [0.1, 0.15) is 0 Å². The molecule has 3 heteroatoms. The number of hydrogen-bond donors (Lipinski definition) is 2. The van der Waals surface area contributed by atoms with Crippen molar-refractivity contribution in [3.63, 3.8) is 0 Å². The molecule has 3 rings (SSSR count). The fourth-order valence-corrected chi connectivity index (χ4v) is 3.44. The summed E-state index contributed by atoms with van der Waals surface area (Å²) in [7, 11) is 0. The summed E-state index contributed by atoms with van der Waals surface area (Å²) in [6.07, 6.45) is 5.52. The fraction of sp³-hybridized carbons (Fsp3) is 0.588. The summed E-state index contributed by atoms with van der Waals surface area (Å²) >= 11 is 0. The Balaban J connectivity index is 1.78. The minimum absolute atomic E-state index is 0.00424. The molecule has 1 aromatic carbocycles. The molecule has 2 atom stereocenters. The summed E-state index contributed by atoms with van der Waals surface area (Å²) in [5.74, 6) is 0.733. The fourth-order valence-electron chi connectivity index (χ4n) is 3.44. The lowest BCUT2D eigenvalue weighted by molar-refractivity contribution is -0.124. The van der Waals surface area contributed by atoms with Crippen molar-refractivity contribution in [2.45, 2.75) is 50.5 Å². The first kappa shape index (κ1) is 13.6. The number of amides is 1. The van der Waals surface area contributed by atoms with Gasteiger partial charge in [-0.15, -0.1) is 0 Å². The van der Waals surface area contributed by atoms with Crippen LogP contribution >= 0.6 is 0 Å². The SMILES string of the molecule is CC(CN)(NC(=O)C1CCCc2ccccc21)C1CC1. The lowest BCUT2D eigenvalue weighted by Crippen LogP contribution is -2.54. The van der Waals surface area contributed by atoms with Gasteiger partial charge in [0, 0.05) is 6.54 Å². The highest BCUT2D eigenvalue weighted by Crippen LogP contribution is 2.40. The molecule has 3 N–H and O–H groups in total. The van der Waals surface area contributed by atoms with Gasteiger partial charge in [0.2, 0.25) is 5.91 Å². The van der Waals surface area contributed by atoms with Crippen LogP contribution < -0.4 is 11.1 Å². The smallest absolute Gasteiger partial charge is 0.228 e. The van der Waals surface area contributed by atoms with Crippen molar-refractivity contribution >= 4 is 5.91 Å². The number of rotatable bonds is 4. The van der Waals surface area contributed by atoms with E-state index in [1.165, 1.54) is 24.0 Å². The highest BCUT2D eigenvalue weighted by atomic mass is 16.2. The minimum Gasteiger partial charge on any atom is -0.349 e. The summed E-state index contributed by atoms with van der Waals surface area (Å²) in [6, 6.07) is 8.36. The van der Waals surface area contributed by atoms with E-state index in [-0.39, 0.29) is 17.4 Å². The summed E-state index contributed by atoms with van der Waals surface area (Å²) < 4.78 is 0. The molecule has 0 bridgehead atoms. The van der Waals surface area contributed by atoms with Gasteiger partial charge in [0.25, 0.3) is 0 Å². The second-order valence-corrected chi connectivity index (χ2v) is 6.53. The molecular weight excluding hydrogens is 248 g/mol. The maximum Gasteiger partial charge on any atom is 0.228 e. The largest absolute Gasteiger partial charge is 0.349 e. The highest BCUT2D eigenvalue weighted by Gasteiger charge is 2.42. The molecule has 2 aliphatic rings. The third-order valence-corrected chi connectivity index (χ3v) is 5.00. The number of hydrogen-bond acceptors (Lipinski definition) is 2. The van der Waals surface area contributed by atoms with Crippen LogP contribution in [0.1, 0.15) is 49.7 Å². The van der Waals surface area contributed by atoms with Gasteiger partial charge in [-0.25, -0.2) is 0 Å². The van der Waals surface area contributed by atoms with Crippen molar-refractivity contribution in [3.8, 4) is 0 Å². The Kier molecular flexibility index (Phi) is 3.55. The molecule has 3 nitrogen and oxygen atoms in total. The van der Waals surface area contributed by atoms with Crippen LogP contribution in [0.25, 0.3) is 0 Å². The molecule has 108 valence electrons. The second-order valence-electron chi connectivity index (χ2n) is 6.53. The minimum atomic E-state index is -0.219. The van der Waals surface area contributed by atoms with E-state index < -0.39 is 0 Å². The van der Waals surface area contributed by atoms with Gasteiger partial charge in [-0.1, -0.05) is 24.3 Å². The Morgan fingerprint density at radius 2 is 2.10 bits per heavy atom. The quantitative estimate of drug-likeness (QED) is 0.884. The Hall–Kier alpha value is -1.35. The van der Waals surface area contributed by atoms with Crippen molar-refractivity contribution in [1.29, 1.82) is 0 Å². The van der Waals surface area contributed by atoms with E-state index in [9.17, 15) is 4.79 Å². The predicted octanol–water partition coefficient (Wildman–Crippen LogP) is 2.35. The summed E-state index contributed by atoms with van der Waals surface area (Å²) in [5, 5.41) is 3.25. The predicted molar refractivity (Wildman–Crippen MR) is 80.4 cm³/mol. The normalized spacial score (nSPS) is 24.6. The first-order valence-corrected chi connectivity index (χ1v) is 7.74. The number of carbonyl (C=O) groups excluding carboxylic acids is 1. The van der Waals surface area contributed by atoms with Crippen molar-refractivity contribution < 1.29 is 4.79 Å². The van der Waals surface area contributed by atoms with E-state index in [4.69, 9.17) is 5.73 Å². The second kappa shape index (κ2) is 5.21. The van der Waals surface area contributed by atoms with E-state index in [0.717, 1.165) is 19.3 Å². The van der Waals surface area contributed by atoms with E-state index in [2.05, 4.69) is 30.4 Å². The van der Waals surface area contributed by atoms with Crippen LogP contribution in [0.3, 0.4) is 0 Å². The molecular formula is C17H24N2O. The number of carbonyl (C=O) groups is 1. The Morgan fingerprint density at radius 1 is 1.35 bits per heavy atom. The summed E-state index contributed by atoms with van der Waals surface area (Å²) in [5.41, 5.74) is 8.23. The molecule has 2 unspecified atom stereocenters. The molecule has 1 aromatic rings. The Bertz CT molecular complexity index is 509. The average Bonchev–Trinajstić information content (AvgIpc) is 3.31. The molecule has 20 heavy (non-hydrogen) atoms. The van der Waals surface area contributed by atoms with Gasteiger partial charge in [-0.05, 0) is 56.1 Å². The molecule has 0 saturated heterocycles. The summed E-state index contributed by atoms with van der Waals surface area (Å²) in [6.45, 7) is 2.62. The third kappa shape index (κ3) is 2.47. The van der Waals surface area contributed by atoms with Crippen LogP contribution in [0.2, 0.25) is 0 Å². The third-order valence-electron chi connectivity index (χ3n) is 5.00. The van der Waals surface area contributed by atoms with Gasteiger partial charge in [0.15, 0.2) is 0 Å². The van der Waals surface area contributed by atoms with Crippen LogP contribution in [-0.4, -0.2) is 18.0 Å². The van der Waals surface area contributed by atoms with Crippen molar-refractivity contribution in [2.24, 2.45) is 11.7 Å². The van der Waals surface area contributed by atoms with Crippen LogP contribution in [0.4, 0.5) is 0 Å². The van der Waals surface area contributed by atoms with Gasteiger partial charge in [-0.2, -0.15) is 0 Å². The van der Waals surface area contributed by atoms with Crippen LogP contribution in [0.5, 0.6) is 0 Å². The van der Waals surface area contributed by atoms with E-state index >= 15 is 0 Å². The highest BCUT2D eigenvalue weighted by molar-refractivity contribution is 5.85. The van der Waals surface area contributed by atoms with Crippen LogP contribution in [0.15, 0.2) is 24.3 Å². The van der Waals surface area contributed by atoms with Gasteiger partial charge < -0.3 is 11.1 Å². The average molecular weight is 272 g/mol. The van der Waals surface area contributed by atoms with Crippen molar-refractivity contribution in [3.05, 3.63) is 35.4 Å². The number of benzene rings is 1. The van der Waals surface area contributed by atoms with E-state index in [1.807, 2.05) is 6.07 Å². The summed E-state index contributed by atoms with van der Waals surface area (Å²) in [4.78, 5) is 12.7. The first-order valence-electron chi connectivity index (χ1n) is 7.74. The van der Waals surface area contributed by atoms with Gasteiger partial charge in [0.05, 0.1) is 11.5 Å². The Labute approximate surface area is 120 Å². The lowest BCUT2D eigenvalue weighted by Gasteiger charge is -2.33. The van der Waals surface area contributed by atoms with Crippen LogP contribution in [0, 0.1) is 5.92 Å². The van der Waals surface area contributed by atoms with E-state index in [0.29, 0.717) is 12.5 Å². The number of nitrogens with two attached hydrogens (primary N) is 1.